The first-order valence-corrected chi connectivity index (χ1v) is 3.87. The number of phenols is 1. The molecule has 0 aliphatic carbocycles. The van der Waals surface area contributed by atoms with Gasteiger partial charge in [0.2, 0.25) is 0 Å². The highest BCUT2D eigenvalue weighted by Crippen LogP contribution is 2.30. The number of aryl methyl sites for hydroxylation is 2. The molecule has 1 N–H and O–H groups in total. The average Bonchev–Trinajstić information content (AvgIpc) is 1.97. The quantitative estimate of drug-likeness (QED) is 0.635. The van der Waals surface area contributed by atoms with Crippen molar-refractivity contribution in [1.82, 2.24) is 0 Å². The van der Waals surface area contributed by atoms with Gasteiger partial charge in [-0.1, -0.05) is 17.7 Å². The first kappa shape index (κ1) is 8.41. The molecule has 0 fully saturated rings. The van der Waals surface area contributed by atoms with Crippen LogP contribution in [-0.2, 0) is 0 Å². The van der Waals surface area contributed by atoms with Crippen LogP contribution in [0.15, 0.2) is 6.07 Å². The lowest BCUT2D eigenvalue weighted by Gasteiger charge is -2.07. The molecular formula is C9H11ClO. The Balaban J connectivity index is 3.46. The lowest BCUT2D eigenvalue weighted by molar-refractivity contribution is 0.467. The summed E-state index contributed by atoms with van der Waals surface area (Å²) in [5.41, 5.74) is 2.66. The van der Waals surface area contributed by atoms with Crippen molar-refractivity contribution in [1.29, 1.82) is 0 Å². The lowest BCUT2D eigenvalue weighted by Crippen LogP contribution is -1.85. The molecule has 0 heterocycles. The van der Waals surface area contributed by atoms with Crippen LogP contribution in [0.2, 0.25) is 5.02 Å². The SMILES string of the molecule is Cc1cc(C)c(Cl)c(C)c1O. The molecule has 11 heavy (non-hydrogen) atoms. The van der Waals surface area contributed by atoms with Gasteiger partial charge in [-0.25, -0.2) is 0 Å². The maximum absolute atomic E-state index is 9.43. The van der Waals surface area contributed by atoms with Crippen LogP contribution in [0.1, 0.15) is 16.7 Å². The molecule has 0 amide bonds. The molecule has 60 valence electrons. The highest BCUT2D eigenvalue weighted by atomic mass is 35.5. The van der Waals surface area contributed by atoms with Crippen LogP contribution in [0, 0.1) is 20.8 Å². The van der Waals surface area contributed by atoms with E-state index in [9.17, 15) is 5.11 Å². The van der Waals surface area contributed by atoms with E-state index in [1.807, 2.05) is 26.8 Å². The van der Waals surface area contributed by atoms with Crippen LogP contribution < -0.4 is 0 Å². The molecule has 0 radical (unpaired) electrons. The van der Waals surface area contributed by atoms with E-state index in [0.717, 1.165) is 16.7 Å². The first-order valence-electron chi connectivity index (χ1n) is 3.49. The predicted molar refractivity (Wildman–Crippen MR) is 47.3 cm³/mol. The van der Waals surface area contributed by atoms with Crippen LogP contribution >= 0.6 is 11.6 Å². The van der Waals surface area contributed by atoms with Gasteiger partial charge in [0.25, 0.3) is 0 Å². The van der Waals surface area contributed by atoms with Gasteiger partial charge in [0.1, 0.15) is 5.75 Å². The molecule has 0 saturated carbocycles. The van der Waals surface area contributed by atoms with E-state index in [2.05, 4.69) is 0 Å². The number of halogens is 1. The Kier molecular flexibility index (Phi) is 2.10. The number of hydrogen-bond donors (Lipinski definition) is 1. The van der Waals surface area contributed by atoms with Crippen molar-refractivity contribution in [3.05, 3.63) is 27.8 Å². The summed E-state index contributed by atoms with van der Waals surface area (Å²) in [6.45, 7) is 5.62. The largest absolute Gasteiger partial charge is 0.507 e. The Morgan fingerprint density at radius 2 is 1.73 bits per heavy atom. The maximum atomic E-state index is 9.43. The zero-order valence-corrected chi connectivity index (χ0v) is 7.66. The molecule has 0 saturated heterocycles. The summed E-state index contributed by atoms with van der Waals surface area (Å²) in [6.07, 6.45) is 0. The summed E-state index contributed by atoms with van der Waals surface area (Å²) in [5.74, 6) is 0.306. The molecule has 1 nitrogen and oxygen atoms in total. The van der Waals surface area contributed by atoms with Gasteiger partial charge in [-0.15, -0.1) is 0 Å². The van der Waals surface area contributed by atoms with Gasteiger partial charge in [-0.05, 0) is 31.9 Å². The fourth-order valence-electron chi connectivity index (χ4n) is 1.15. The van der Waals surface area contributed by atoms with Gasteiger partial charge in [-0.3, -0.25) is 0 Å². The van der Waals surface area contributed by atoms with Crippen molar-refractivity contribution in [3.8, 4) is 5.75 Å². The number of rotatable bonds is 0. The number of aromatic hydroxyl groups is 1. The minimum atomic E-state index is 0.306. The molecule has 0 bridgehead atoms. The molecule has 0 aliphatic heterocycles. The van der Waals surface area contributed by atoms with Gasteiger partial charge < -0.3 is 5.11 Å². The summed E-state index contributed by atoms with van der Waals surface area (Å²) in [4.78, 5) is 0. The third kappa shape index (κ3) is 1.33. The molecule has 0 spiro atoms. The summed E-state index contributed by atoms with van der Waals surface area (Å²) in [5, 5.41) is 10.1. The average molecular weight is 171 g/mol. The molecule has 0 unspecified atom stereocenters. The smallest absolute Gasteiger partial charge is 0.122 e. The summed E-state index contributed by atoms with van der Waals surface area (Å²) >= 11 is 5.89. The molecule has 0 atom stereocenters. The zero-order valence-electron chi connectivity index (χ0n) is 6.90. The second-order valence-corrected chi connectivity index (χ2v) is 3.18. The highest BCUT2D eigenvalue weighted by molar-refractivity contribution is 6.32. The van der Waals surface area contributed by atoms with Crippen molar-refractivity contribution >= 4 is 11.6 Å². The second kappa shape index (κ2) is 2.74. The summed E-state index contributed by atoms with van der Waals surface area (Å²) in [7, 11) is 0. The minimum Gasteiger partial charge on any atom is -0.507 e. The molecule has 1 rings (SSSR count). The molecule has 0 aliphatic rings. The molecule has 1 aromatic rings. The summed E-state index contributed by atoms with van der Waals surface area (Å²) in [6, 6.07) is 1.88. The standard InChI is InChI=1S/C9H11ClO/c1-5-4-6(2)9(11)7(3)8(5)10/h4,11H,1-3H3. The van der Waals surface area contributed by atoms with E-state index in [1.165, 1.54) is 0 Å². The monoisotopic (exact) mass is 170 g/mol. The van der Waals surface area contributed by atoms with E-state index in [1.54, 1.807) is 0 Å². The van der Waals surface area contributed by atoms with Gasteiger partial charge in [0.05, 0.1) is 5.02 Å². The fourth-order valence-corrected chi connectivity index (χ4v) is 1.30. The van der Waals surface area contributed by atoms with Crippen molar-refractivity contribution in [2.24, 2.45) is 0 Å². The number of phenolic OH excluding ortho intramolecular Hbond substituents is 1. The number of benzene rings is 1. The normalized spacial score (nSPS) is 10.2. The van der Waals surface area contributed by atoms with E-state index >= 15 is 0 Å². The van der Waals surface area contributed by atoms with E-state index < -0.39 is 0 Å². The fraction of sp³-hybridized carbons (Fsp3) is 0.333. The minimum absolute atomic E-state index is 0.306. The van der Waals surface area contributed by atoms with Gasteiger partial charge in [-0.2, -0.15) is 0 Å². The van der Waals surface area contributed by atoms with Gasteiger partial charge in [0, 0.05) is 5.56 Å². The third-order valence-electron chi connectivity index (χ3n) is 1.84. The van der Waals surface area contributed by atoms with E-state index in [0.29, 0.717) is 10.8 Å². The first-order chi connectivity index (χ1) is 5.04. The van der Waals surface area contributed by atoms with Crippen molar-refractivity contribution in [3.63, 3.8) is 0 Å². The molecule has 0 aromatic heterocycles. The Morgan fingerprint density at radius 1 is 1.18 bits per heavy atom. The Bertz CT molecular complexity index is 266. The molecular weight excluding hydrogens is 160 g/mol. The van der Waals surface area contributed by atoms with Crippen molar-refractivity contribution in [2.75, 3.05) is 0 Å². The molecule has 2 heteroatoms. The van der Waals surface area contributed by atoms with Crippen LogP contribution in [0.3, 0.4) is 0 Å². The Morgan fingerprint density at radius 3 is 2.27 bits per heavy atom. The van der Waals surface area contributed by atoms with Gasteiger partial charge in [0.15, 0.2) is 0 Å². The van der Waals surface area contributed by atoms with Crippen LogP contribution in [0.25, 0.3) is 0 Å². The zero-order chi connectivity index (χ0) is 8.59. The van der Waals surface area contributed by atoms with Gasteiger partial charge >= 0.3 is 0 Å². The Hall–Kier alpha value is -0.690. The van der Waals surface area contributed by atoms with Crippen LogP contribution in [0.5, 0.6) is 5.75 Å². The predicted octanol–water partition coefficient (Wildman–Crippen LogP) is 2.97. The summed E-state index contributed by atoms with van der Waals surface area (Å²) < 4.78 is 0. The highest BCUT2D eigenvalue weighted by Gasteiger charge is 2.06. The van der Waals surface area contributed by atoms with Crippen LogP contribution in [0.4, 0.5) is 0 Å². The topological polar surface area (TPSA) is 20.2 Å². The van der Waals surface area contributed by atoms with Crippen molar-refractivity contribution < 1.29 is 5.11 Å². The second-order valence-electron chi connectivity index (χ2n) is 2.80. The molecule has 1 aromatic carbocycles. The third-order valence-corrected chi connectivity index (χ3v) is 2.42. The maximum Gasteiger partial charge on any atom is 0.122 e. The van der Waals surface area contributed by atoms with Crippen molar-refractivity contribution in [2.45, 2.75) is 20.8 Å². The Labute approximate surface area is 71.6 Å². The number of hydrogen-bond acceptors (Lipinski definition) is 1. The lowest BCUT2D eigenvalue weighted by atomic mass is 10.1. The van der Waals surface area contributed by atoms with E-state index in [4.69, 9.17) is 11.6 Å². The van der Waals surface area contributed by atoms with Crippen LogP contribution in [-0.4, -0.2) is 5.11 Å². The van der Waals surface area contributed by atoms with E-state index in [-0.39, 0.29) is 0 Å².